The molecule has 126 valence electrons. The summed E-state index contributed by atoms with van der Waals surface area (Å²) in [6.07, 6.45) is 1.18. The molecule has 3 aromatic rings. The van der Waals surface area contributed by atoms with E-state index >= 15 is 0 Å². The lowest BCUT2D eigenvalue weighted by atomic mass is 9.73. The summed E-state index contributed by atoms with van der Waals surface area (Å²) in [5.41, 5.74) is 5.81. The second kappa shape index (κ2) is 7.25. The van der Waals surface area contributed by atoms with Gasteiger partial charge in [-0.05, 0) is 48.2 Å². The Hall–Kier alpha value is -2.38. The van der Waals surface area contributed by atoms with Crippen molar-refractivity contribution in [2.45, 2.75) is 24.8 Å². The second-order valence-corrected chi connectivity index (χ2v) is 7.13. The highest BCUT2D eigenvalue weighted by Gasteiger charge is 2.30. The van der Waals surface area contributed by atoms with E-state index < -0.39 is 0 Å². The van der Waals surface area contributed by atoms with Crippen molar-refractivity contribution in [2.75, 3.05) is 13.6 Å². The summed E-state index contributed by atoms with van der Waals surface area (Å²) in [4.78, 5) is 2.45. The quantitative estimate of drug-likeness (QED) is 0.606. The molecule has 2 unspecified atom stereocenters. The molecule has 0 saturated heterocycles. The van der Waals surface area contributed by atoms with Crippen molar-refractivity contribution in [3.05, 3.63) is 107 Å². The van der Waals surface area contributed by atoms with Gasteiger partial charge in [-0.1, -0.05) is 84.9 Å². The van der Waals surface area contributed by atoms with E-state index in [-0.39, 0.29) is 0 Å². The van der Waals surface area contributed by atoms with Gasteiger partial charge in [0.25, 0.3) is 0 Å². The summed E-state index contributed by atoms with van der Waals surface area (Å²) in [6.45, 7) is 2.15. The molecule has 1 heterocycles. The fraction of sp³-hybridized carbons (Fsp3) is 0.250. The summed E-state index contributed by atoms with van der Waals surface area (Å²) in [6, 6.07) is 31.1. The molecule has 3 aromatic carbocycles. The summed E-state index contributed by atoms with van der Waals surface area (Å²) in [5.74, 6) is 0.904. The third-order valence-corrected chi connectivity index (χ3v) is 5.44. The molecule has 1 aliphatic heterocycles. The highest BCUT2D eigenvalue weighted by molar-refractivity contribution is 5.42. The van der Waals surface area contributed by atoms with Crippen molar-refractivity contribution in [3.63, 3.8) is 0 Å². The van der Waals surface area contributed by atoms with Crippen LogP contribution in [-0.2, 0) is 6.54 Å². The van der Waals surface area contributed by atoms with Gasteiger partial charge in [-0.3, -0.25) is 0 Å². The van der Waals surface area contributed by atoms with Crippen LogP contribution in [0.4, 0.5) is 0 Å². The Morgan fingerprint density at radius 3 is 2.04 bits per heavy atom. The van der Waals surface area contributed by atoms with Crippen LogP contribution in [0.15, 0.2) is 84.9 Å². The number of rotatable bonds is 2. The maximum atomic E-state index is 2.45. The first kappa shape index (κ1) is 16.1. The molecular weight excluding hydrogens is 302 g/mol. The van der Waals surface area contributed by atoms with Gasteiger partial charge >= 0.3 is 0 Å². The molecule has 2 atom stereocenters. The van der Waals surface area contributed by atoms with Crippen molar-refractivity contribution < 1.29 is 0 Å². The zero-order chi connectivity index (χ0) is 17.1. The zero-order valence-electron chi connectivity index (χ0n) is 14.8. The molecule has 0 bridgehead atoms. The predicted octanol–water partition coefficient (Wildman–Crippen LogP) is 5.44. The molecule has 0 spiro atoms. The standard InChI is InChI=1S/C24H25N/c1-25-17-16-23(19-10-4-2-5-11-19)24(20-12-6-3-7-13-20)22-15-9-8-14-21(22)18-25/h2-15,23-24H,16-18H2,1H3. The zero-order valence-corrected chi connectivity index (χ0v) is 14.8. The summed E-state index contributed by atoms with van der Waals surface area (Å²) in [7, 11) is 2.24. The normalized spacial score (nSPS) is 21.2. The van der Waals surface area contributed by atoms with Crippen LogP contribution in [0.3, 0.4) is 0 Å². The topological polar surface area (TPSA) is 3.24 Å². The molecule has 25 heavy (non-hydrogen) atoms. The summed E-state index contributed by atoms with van der Waals surface area (Å²) >= 11 is 0. The second-order valence-electron chi connectivity index (χ2n) is 7.13. The van der Waals surface area contributed by atoms with Crippen LogP contribution in [-0.4, -0.2) is 18.5 Å². The van der Waals surface area contributed by atoms with E-state index in [1.165, 1.54) is 28.7 Å². The van der Waals surface area contributed by atoms with E-state index in [1.54, 1.807) is 0 Å². The van der Waals surface area contributed by atoms with E-state index in [4.69, 9.17) is 0 Å². The minimum absolute atomic E-state index is 0.411. The van der Waals surface area contributed by atoms with Crippen LogP contribution in [0.1, 0.15) is 40.5 Å². The largest absolute Gasteiger partial charge is 0.302 e. The molecule has 0 aromatic heterocycles. The highest BCUT2D eigenvalue weighted by Crippen LogP contribution is 2.43. The molecule has 0 radical (unpaired) electrons. The molecule has 0 amide bonds. The maximum Gasteiger partial charge on any atom is 0.0233 e. The Morgan fingerprint density at radius 2 is 1.32 bits per heavy atom. The van der Waals surface area contributed by atoms with Gasteiger partial charge in [0.2, 0.25) is 0 Å². The van der Waals surface area contributed by atoms with Gasteiger partial charge in [-0.15, -0.1) is 0 Å². The predicted molar refractivity (Wildman–Crippen MR) is 105 cm³/mol. The Kier molecular flexibility index (Phi) is 4.67. The molecule has 0 fully saturated rings. The van der Waals surface area contributed by atoms with Crippen molar-refractivity contribution in [2.24, 2.45) is 0 Å². The highest BCUT2D eigenvalue weighted by atomic mass is 15.1. The van der Waals surface area contributed by atoms with Gasteiger partial charge in [0, 0.05) is 12.5 Å². The number of nitrogens with zero attached hydrogens (tertiary/aromatic N) is 1. The van der Waals surface area contributed by atoms with E-state index in [0.29, 0.717) is 11.8 Å². The number of hydrogen-bond donors (Lipinski definition) is 0. The Labute approximate surface area is 150 Å². The van der Waals surface area contributed by atoms with E-state index in [0.717, 1.165) is 13.1 Å². The van der Waals surface area contributed by atoms with Crippen LogP contribution in [0.5, 0.6) is 0 Å². The summed E-state index contributed by atoms with van der Waals surface area (Å²) in [5, 5.41) is 0. The number of fused-ring (bicyclic) bond motifs is 1. The average molecular weight is 327 g/mol. The van der Waals surface area contributed by atoms with Gasteiger partial charge in [0.05, 0.1) is 0 Å². The molecule has 0 saturated carbocycles. The van der Waals surface area contributed by atoms with E-state index in [2.05, 4.69) is 96.9 Å². The Balaban J connectivity index is 1.89. The number of hydrogen-bond acceptors (Lipinski definition) is 1. The first-order chi connectivity index (χ1) is 12.3. The third-order valence-electron chi connectivity index (χ3n) is 5.44. The lowest BCUT2D eigenvalue weighted by Crippen LogP contribution is -2.27. The molecule has 0 N–H and O–H groups in total. The molecule has 0 aliphatic carbocycles. The Morgan fingerprint density at radius 1 is 0.720 bits per heavy atom. The van der Waals surface area contributed by atoms with Gasteiger partial charge in [0.1, 0.15) is 0 Å². The third kappa shape index (κ3) is 3.38. The van der Waals surface area contributed by atoms with E-state index in [9.17, 15) is 0 Å². The first-order valence-electron chi connectivity index (χ1n) is 9.19. The van der Waals surface area contributed by atoms with Crippen molar-refractivity contribution >= 4 is 0 Å². The van der Waals surface area contributed by atoms with Crippen molar-refractivity contribution in [1.29, 1.82) is 0 Å². The van der Waals surface area contributed by atoms with E-state index in [1.807, 2.05) is 0 Å². The maximum absolute atomic E-state index is 2.45. The van der Waals surface area contributed by atoms with Crippen molar-refractivity contribution in [3.8, 4) is 0 Å². The molecule has 1 heteroatoms. The van der Waals surface area contributed by atoms with Crippen LogP contribution in [0.25, 0.3) is 0 Å². The lowest BCUT2D eigenvalue weighted by molar-refractivity contribution is 0.294. The van der Waals surface area contributed by atoms with Crippen LogP contribution >= 0.6 is 0 Å². The first-order valence-corrected chi connectivity index (χ1v) is 9.19. The fourth-order valence-corrected chi connectivity index (χ4v) is 4.23. The average Bonchev–Trinajstić information content (AvgIpc) is 2.66. The van der Waals surface area contributed by atoms with Gasteiger partial charge in [0.15, 0.2) is 0 Å². The molecule has 4 rings (SSSR count). The van der Waals surface area contributed by atoms with Crippen LogP contribution in [0, 0.1) is 0 Å². The van der Waals surface area contributed by atoms with Gasteiger partial charge < -0.3 is 4.90 Å². The molecule has 1 aliphatic rings. The Bertz CT molecular complexity index is 810. The number of benzene rings is 3. The SMILES string of the molecule is CN1CCC(c2ccccc2)C(c2ccccc2)c2ccccc2C1. The van der Waals surface area contributed by atoms with Gasteiger partial charge in [-0.25, -0.2) is 0 Å². The van der Waals surface area contributed by atoms with Crippen LogP contribution in [0.2, 0.25) is 0 Å². The lowest BCUT2D eigenvalue weighted by Gasteiger charge is -2.35. The fourth-order valence-electron chi connectivity index (χ4n) is 4.23. The van der Waals surface area contributed by atoms with Crippen LogP contribution < -0.4 is 0 Å². The smallest absolute Gasteiger partial charge is 0.0233 e. The van der Waals surface area contributed by atoms with Gasteiger partial charge in [-0.2, -0.15) is 0 Å². The monoisotopic (exact) mass is 327 g/mol. The minimum atomic E-state index is 0.411. The minimum Gasteiger partial charge on any atom is -0.302 e. The summed E-state index contributed by atoms with van der Waals surface area (Å²) < 4.78 is 0. The molecular formula is C24H25N. The molecule has 1 nitrogen and oxygen atoms in total. The van der Waals surface area contributed by atoms with Crippen molar-refractivity contribution in [1.82, 2.24) is 4.90 Å².